The quantitative estimate of drug-likeness (QED) is 0.716. The summed E-state index contributed by atoms with van der Waals surface area (Å²) in [5, 5.41) is 3.11. The number of hydrogen-bond acceptors (Lipinski definition) is 6. The van der Waals surface area contributed by atoms with Gasteiger partial charge < -0.3 is 19.7 Å². The lowest BCUT2D eigenvalue weighted by molar-refractivity contribution is -0.138. The van der Waals surface area contributed by atoms with Crippen molar-refractivity contribution < 1.29 is 19.1 Å². The van der Waals surface area contributed by atoms with Crippen molar-refractivity contribution in [1.82, 2.24) is 9.88 Å². The Labute approximate surface area is 171 Å². The fraction of sp³-hybridized carbons (Fsp3) is 0.409. The number of nitrogens with zero attached hydrogens (tertiary/aromatic N) is 2. The highest BCUT2D eigenvalue weighted by atomic mass is 16.5. The topological polar surface area (TPSA) is 80.8 Å². The first-order chi connectivity index (χ1) is 14.1. The minimum absolute atomic E-state index is 0.145. The fourth-order valence-corrected chi connectivity index (χ4v) is 3.59. The second-order valence-electron chi connectivity index (χ2n) is 6.95. The van der Waals surface area contributed by atoms with E-state index in [9.17, 15) is 9.59 Å². The van der Waals surface area contributed by atoms with Crippen molar-refractivity contribution in [2.24, 2.45) is 0 Å². The Balaban J connectivity index is 1.68. The van der Waals surface area contributed by atoms with E-state index in [1.54, 1.807) is 25.4 Å². The number of benzene rings is 1. The van der Waals surface area contributed by atoms with Crippen LogP contribution < -0.4 is 10.1 Å². The van der Waals surface area contributed by atoms with Crippen LogP contribution in [0.5, 0.6) is 5.75 Å². The maximum absolute atomic E-state index is 12.6. The lowest BCUT2D eigenvalue weighted by Crippen LogP contribution is -2.45. The Morgan fingerprint density at radius 2 is 2.03 bits per heavy atom. The van der Waals surface area contributed by atoms with Gasteiger partial charge in [0.1, 0.15) is 17.1 Å². The van der Waals surface area contributed by atoms with Gasteiger partial charge in [-0.25, -0.2) is 9.78 Å². The van der Waals surface area contributed by atoms with Gasteiger partial charge >= 0.3 is 5.97 Å². The second-order valence-corrected chi connectivity index (χ2v) is 6.95. The summed E-state index contributed by atoms with van der Waals surface area (Å²) in [4.78, 5) is 31.3. The molecular weight excluding hydrogens is 370 g/mol. The van der Waals surface area contributed by atoms with Crippen molar-refractivity contribution in [3.63, 3.8) is 0 Å². The number of anilines is 2. The Morgan fingerprint density at radius 3 is 2.83 bits per heavy atom. The summed E-state index contributed by atoms with van der Waals surface area (Å²) in [6.07, 6.45) is 5.63. The SMILES string of the molecule is CC[C@@H]1CCCCN1C(=O)COC(=O)c1cccnc1Nc1ccccc1OC. The summed E-state index contributed by atoms with van der Waals surface area (Å²) in [6.45, 7) is 2.54. The molecule has 0 spiro atoms. The van der Waals surface area contributed by atoms with Crippen molar-refractivity contribution in [1.29, 1.82) is 0 Å². The van der Waals surface area contributed by atoms with Crippen LogP contribution in [-0.2, 0) is 9.53 Å². The Hall–Kier alpha value is -3.09. The third-order valence-corrected chi connectivity index (χ3v) is 5.13. The molecule has 0 unspecified atom stereocenters. The van der Waals surface area contributed by atoms with Crippen molar-refractivity contribution in [2.45, 2.75) is 38.6 Å². The van der Waals surface area contributed by atoms with Crippen molar-refractivity contribution in [3.05, 3.63) is 48.2 Å². The zero-order chi connectivity index (χ0) is 20.6. The summed E-state index contributed by atoms with van der Waals surface area (Å²) in [7, 11) is 1.57. The van der Waals surface area contributed by atoms with Gasteiger partial charge in [-0.2, -0.15) is 0 Å². The number of piperidine rings is 1. The van der Waals surface area contributed by atoms with E-state index in [1.807, 2.05) is 29.2 Å². The first-order valence-electron chi connectivity index (χ1n) is 9.95. The Morgan fingerprint density at radius 1 is 1.21 bits per heavy atom. The molecule has 0 saturated carbocycles. The zero-order valence-electron chi connectivity index (χ0n) is 16.9. The van der Waals surface area contributed by atoms with E-state index in [-0.39, 0.29) is 24.1 Å². The Bertz CT molecular complexity index is 855. The minimum atomic E-state index is -0.589. The lowest BCUT2D eigenvalue weighted by Gasteiger charge is -2.35. The molecule has 0 bridgehead atoms. The number of hydrogen-bond donors (Lipinski definition) is 1. The molecule has 2 heterocycles. The number of methoxy groups -OCH3 is 1. The third-order valence-electron chi connectivity index (χ3n) is 5.13. The molecule has 1 aliphatic rings. The molecule has 1 saturated heterocycles. The average Bonchev–Trinajstić information content (AvgIpc) is 2.78. The predicted octanol–water partition coefficient (Wildman–Crippen LogP) is 3.78. The normalized spacial score (nSPS) is 16.2. The summed E-state index contributed by atoms with van der Waals surface area (Å²) in [5.74, 6) is 0.240. The summed E-state index contributed by atoms with van der Waals surface area (Å²) in [6, 6.07) is 10.9. The summed E-state index contributed by atoms with van der Waals surface area (Å²) >= 11 is 0. The van der Waals surface area contributed by atoms with E-state index in [1.165, 1.54) is 0 Å². The number of rotatable bonds is 7. The molecule has 29 heavy (non-hydrogen) atoms. The molecule has 2 aromatic rings. The molecule has 0 radical (unpaired) electrons. The van der Waals surface area contributed by atoms with Crippen LogP contribution in [0.4, 0.5) is 11.5 Å². The molecule has 7 heteroatoms. The predicted molar refractivity (Wildman–Crippen MR) is 110 cm³/mol. The molecular formula is C22H27N3O4. The average molecular weight is 397 g/mol. The molecule has 1 aromatic heterocycles. The van der Waals surface area contributed by atoms with Crippen molar-refractivity contribution in [2.75, 3.05) is 25.6 Å². The van der Waals surface area contributed by atoms with Crippen LogP contribution in [0.25, 0.3) is 0 Å². The lowest BCUT2D eigenvalue weighted by atomic mass is 10.00. The number of para-hydroxylation sites is 2. The fourth-order valence-electron chi connectivity index (χ4n) is 3.59. The van der Waals surface area contributed by atoms with Gasteiger partial charge in [0.05, 0.1) is 12.8 Å². The number of nitrogens with one attached hydrogen (secondary N) is 1. The van der Waals surface area contributed by atoms with Gasteiger partial charge in [-0.05, 0) is 49.9 Å². The van der Waals surface area contributed by atoms with Crippen LogP contribution in [0.2, 0.25) is 0 Å². The summed E-state index contributed by atoms with van der Waals surface area (Å²) < 4.78 is 10.7. The molecule has 3 rings (SSSR count). The van der Waals surface area contributed by atoms with Crippen molar-refractivity contribution in [3.8, 4) is 5.75 Å². The maximum Gasteiger partial charge on any atom is 0.342 e. The van der Waals surface area contributed by atoms with Gasteiger partial charge in [-0.1, -0.05) is 19.1 Å². The molecule has 1 aliphatic heterocycles. The van der Waals surface area contributed by atoms with E-state index in [2.05, 4.69) is 17.2 Å². The maximum atomic E-state index is 12.6. The van der Waals surface area contributed by atoms with E-state index < -0.39 is 5.97 Å². The Kier molecular flexibility index (Phi) is 7.05. The van der Waals surface area contributed by atoms with E-state index >= 15 is 0 Å². The molecule has 1 N–H and O–H groups in total. The van der Waals surface area contributed by atoms with E-state index in [0.717, 1.165) is 32.2 Å². The minimum Gasteiger partial charge on any atom is -0.495 e. The van der Waals surface area contributed by atoms with Gasteiger partial charge in [0, 0.05) is 18.8 Å². The van der Waals surface area contributed by atoms with Crippen LogP contribution in [0.15, 0.2) is 42.6 Å². The van der Waals surface area contributed by atoms with Gasteiger partial charge in [0.25, 0.3) is 5.91 Å². The third kappa shape index (κ3) is 5.04. The number of carbonyl (C=O) groups is 2. The van der Waals surface area contributed by atoms with E-state index in [4.69, 9.17) is 9.47 Å². The highest BCUT2D eigenvalue weighted by Gasteiger charge is 2.26. The number of aromatic nitrogens is 1. The highest BCUT2D eigenvalue weighted by molar-refractivity contribution is 5.96. The van der Waals surface area contributed by atoms with Gasteiger partial charge in [0.2, 0.25) is 0 Å². The smallest absolute Gasteiger partial charge is 0.342 e. The first-order valence-corrected chi connectivity index (χ1v) is 9.95. The van der Waals surface area contributed by atoms with Crippen molar-refractivity contribution >= 4 is 23.4 Å². The number of carbonyl (C=O) groups excluding carboxylic acids is 2. The van der Waals surface area contributed by atoms with E-state index in [0.29, 0.717) is 17.3 Å². The first kappa shape index (κ1) is 20.6. The van der Waals surface area contributed by atoms with Gasteiger partial charge in [0.15, 0.2) is 6.61 Å². The van der Waals surface area contributed by atoms with Crippen LogP contribution in [0, 0.1) is 0 Å². The molecule has 0 aliphatic carbocycles. The number of amides is 1. The monoisotopic (exact) mass is 397 g/mol. The van der Waals surface area contributed by atoms with Crippen LogP contribution in [-0.4, -0.2) is 48.1 Å². The molecule has 1 aromatic carbocycles. The largest absolute Gasteiger partial charge is 0.495 e. The van der Waals surface area contributed by atoms with Crippen LogP contribution in [0.1, 0.15) is 43.0 Å². The molecule has 1 amide bonds. The number of esters is 1. The second kappa shape index (κ2) is 9.91. The molecule has 1 fully saturated rings. The molecule has 1 atom stereocenters. The summed E-state index contributed by atoms with van der Waals surface area (Å²) in [5.41, 5.74) is 0.940. The number of likely N-dealkylation sites (tertiary alicyclic amines) is 1. The highest BCUT2D eigenvalue weighted by Crippen LogP contribution is 2.28. The number of pyridine rings is 1. The van der Waals surface area contributed by atoms with Crippen LogP contribution >= 0.6 is 0 Å². The molecule has 7 nitrogen and oxygen atoms in total. The van der Waals surface area contributed by atoms with Crippen LogP contribution in [0.3, 0.4) is 0 Å². The zero-order valence-corrected chi connectivity index (χ0v) is 16.9. The van der Waals surface area contributed by atoms with Gasteiger partial charge in [-0.15, -0.1) is 0 Å². The standard InChI is InChI=1S/C22H27N3O4/c1-3-16-9-6-7-14-25(16)20(26)15-29-22(27)17-10-8-13-23-21(17)24-18-11-4-5-12-19(18)28-2/h4-5,8,10-13,16H,3,6-7,9,14-15H2,1-2H3,(H,23,24)/t16-/m1/s1. The van der Waals surface area contributed by atoms with Gasteiger partial charge in [-0.3, -0.25) is 4.79 Å². The molecule has 154 valence electrons. The number of ether oxygens (including phenoxy) is 2.